The van der Waals surface area contributed by atoms with Crippen LogP contribution < -0.4 is 0 Å². The Morgan fingerprint density at radius 3 is 2.30 bits per heavy atom. The standard InChI is InChI=1S/C21H22F2N2O2/c1-15-2-7-19(23)18(12-15)20(26)14-24-8-10-25(11-9-24)21(27)13-16-3-5-17(22)6-4-16/h2-7,12H,8-11,13-14H2,1H3. The van der Waals surface area contributed by atoms with Gasteiger partial charge in [-0.25, -0.2) is 8.78 Å². The minimum Gasteiger partial charge on any atom is -0.340 e. The molecule has 142 valence electrons. The Bertz CT molecular complexity index is 829. The molecule has 1 amide bonds. The Kier molecular flexibility index (Phi) is 5.96. The Balaban J connectivity index is 1.51. The van der Waals surface area contributed by atoms with Crippen LogP contribution in [-0.2, 0) is 11.2 Å². The number of carbonyl (C=O) groups excluding carboxylic acids is 2. The first-order valence-electron chi connectivity index (χ1n) is 8.96. The molecule has 0 unspecified atom stereocenters. The van der Waals surface area contributed by atoms with Crippen molar-refractivity contribution in [3.63, 3.8) is 0 Å². The maximum atomic E-state index is 13.9. The normalized spacial score (nSPS) is 15.0. The lowest BCUT2D eigenvalue weighted by Crippen LogP contribution is -2.50. The molecule has 27 heavy (non-hydrogen) atoms. The molecule has 0 radical (unpaired) electrons. The van der Waals surface area contributed by atoms with Gasteiger partial charge >= 0.3 is 0 Å². The number of nitrogens with zero attached hydrogens (tertiary/aromatic N) is 2. The Hall–Kier alpha value is -2.60. The number of carbonyl (C=O) groups is 2. The summed E-state index contributed by atoms with van der Waals surface area (Å²) < 4.78 is 26.8. The Morgan fingerprint density at radius 2 is 1.63 bits per heavy atom. The van der Waals surface area contributed by atoms with Gasteiger partial charge in [-0.05, 0) is 36.8 Å². The number of halogens is 2. The molecule has 4 nitrogen and oxygen atoms in total. The van der Waals surface area contributed by atoms with Crippen LogP contribution in [0.4, 0.5) is 8.78 Å². The number of amides is 1. The zero-order valence-electron chi connectivity index (χ0n) is 15.3. The Morgan fingerprint density at radius 1 is 0.963 bits per heavy atom. The van der Waals surface area contributed by atoms with Crippen molar-refractivity contribution >= 4 is 11.7 Å². The molecule has 0 spiro atoms. The van der Waals surface area contributed by atoms with Gasteiger partial charge in [-0.2, -0.15) is 0 Å². The topological polar surface area (TPSA) is 40.6 Å². The SMILES string of the molecule is Cc1ccc(F)c(C(=O)CN2CCN(C(=O)Cc3ccc(F)cc3)CC2)c1. The second-order valence-electron chi connectivity index (χ2n) is 6.87. The fraction of sp³-hybridized carbons (Fsp3) is 0.333. The molecule has 6 heteroatoms. The van der Waals surface area contributed by atoms with Gasteiger partial charge in [0.1, 0.15) is 11.6 Å². The van der Waals surface area contributed by atoms with Crippen LogP contribution in [0, 0.1) is 18.6 Å². The third kappa shape index (κ3) is 4.98. The van der Waals surface area contributed by atoms with Gasteiger partial charge in [-0.1, -0.05) is 23.8 Å². The van der Waals surface area contributed by atoms with Gasteiger partial charge in [-0.15, -0.1) is 0 Å². The van der Waals surface area contributed by atoms with E-state index in [4.69, 9.17) is 0 Å². The molecular weight excluding hydrogens is 350 g/mol. The summed E-state index contributed by atoms with van der Waals surface area (Å²) in [6, 6.07) is 10.4. The number of aryl methyl sites for hydroxylation is 1. The second kappa shape index (κ2) is 8.39. The van der Waals surface area contributed by atoms with Crippen LogP contribution in [0.5, 0.6) is 0 Å². The van der Waals surface area contributed by atoms with E-state index in [1.807, 2.05) is 11.8 Å². The van der Waals surface area contributed by atoms with Crippen LogP contribution in [-0.4, -0.2) is 54.2 Å². The van der Waals surface area contributed by atoms with Crippen LogP contribution in [0.3, 0.4) is 0 Å². The maximum Gasteiger partial charge on any atom is 0.227 e. The molecule has 0 aliphatic carbocycles. The van der Waals surface area contributed by atoms with Gasteiger partial charge in [0, 0.05) is 26.2 Å². The van der Waals surface area contributed by atoms with Gasteiger partial charge in [0.2, 0.25) is 5.91 Å². The number of rotatable bonds is 5. The average molecular weight is 372 g/mol. The summed E-state index contributed by atoms with van der Waals surface area (Å²) in [5.41, 5.74) is 1.73. The summed E-state index contributed by atoms with van der Waals surface area (Å²) in [5.74, 6) is -1.09. The zero-order chi connectivity index (χ0) is 19.4. The number of hydrogen-bond acceptors (Lipinski definition) is 3. The van der Waals surface area contributed by atoms with Crippen molar-refractivity contribution in [1.29, 1.82) is 0 Å². The lowest BCUT2D eigenvalue weighted by molar-refractivity contribution is -0.132. The predicted molar refractivity (Wildman–Crippen MR) is 98.6 cm³/mol. The van der Waals surface area contributed by atoms with Crippen molar-refractivity contribution in [2.75, 3.05) is 32.7 Å². The van der Waals surface area contributed by atoms with E-state index in [0.717, 1.165) is 11.1 Å². The van der Waals surface area contributed by atoms with E-state index >= 15 is 0 Å². The van der Waals surface area contributed by atoms with E-state index in [9.17, 15) is 18.4 Å². The summed E-state index contributed by atoms with van der Waals surface area (Å²) in [5, 5.41) is 0. The highest BCUT2D eigenvalue weighted by Gasteiger charge is 2.23. The first-order chi connectivity index (χ1) is 12.9. The van der Waals surface area contributed by atoms with Gasteiger partial charge in [0.15, 0.2) is 5.78 Å². The molecule has 2 aromatic carbocycles. The van der Waals surface area contributed by atoms with E-state index in [0.29, 0.717) is 26.2 Å². The largest absolute Gasteiger partial charge is 0.340 e. The number of benzene rings is 2. The number of ketones is 1. The van der Waals surface area contributed by atoms with Gasteiger partial charge in [-0.3, -0.25) is 14.5 Å². The first kappa shape index (κ1) is 19.2. The van der Waals surface area contributed by atoms with Gasteiger partial charge in [0.05, 0.1) is 18.5 Å². The predicted octanol–water partition coefficient (Wildman–Crippen LogP) is 2.84. The molecule has 0 aromatic heterocycles. The average Bonchev–Trinajstić information content (AvgIpc) is 2.66. The van der Waals surface area contributed by atoms with Crippen molar-refractivity contribution in [3.8, 4) is 0 Å². The summed E-state index contributed by atoms with van der Waals surface area (Å²) in [7, 11) is 0. The lowest BCUT2D eigenvalue weighted by atomic mass is 10.1. The lowest BCUT2D eigenvalue weighted by Gasteiger charge is -2.34. The molecule has 2 aromatic rings. The smallest absolute Gasteiger partial charge is 0.227 e. The molecule has 0 saturated carbocycles. The molecule has 0 bridgehead atoms. The summed E-state index contributed by atoms with van der Waals surface area (Å²) >= 11 is 0. The second-order valence-corrected chi connectivity index (χ2v) is 6.87. The van der Waals surface area contributed by atoms with Crippen molar-refractivity contribution < 1.29 is 18.4 Å². The van der Waals surface area contributed by atoms with Gasteiger partial charge in [0.25, 0.3) is 0 Å². The fourth-order valence-corrected chi connectivity index (χ4v) is 3.19. The first-order valence-corrected chi connectivity index (χ1v) is 8.96. The number of Topliss-reactive ketones (excluding diaryl/α,β-unsaturated/α-hetero) is 1. The number of hydrogen-bond donors (Lipinski definition) is 0. The van der Waals surface area contributed by atoms with E-state index in [1.54, 1.807) is 29.2 Å². The number of piperazine rings is 1. The molecule has 3 rings (SSSR count). The molecule has 0 N–H and O–H groups in total. The molecular formula is C21H22F2N2O2. The van der Waals surface area contributed by atoms with Crippen LogP contribution in [0.2, 0.25) is 0 Å². The maximum absolute atomic E-state index is 13.9. The van der Waals surface area contributed by atoms with Gasteiger partial charge < -0.3 is 4.90 Å². The van der Waals surface area contributed by atoms with E-state index in [1.165, 1.54) is 18.2 Å². The molecule has 1 aliphatic heterocycles. The van der Waals surface area contributed by atoms with E-state index in [2.05, 4.69) is 0 Å². The quantitative estimate of drug-likeness (QED) is 0.758. The zero-order valence-corrected chi connectivity index (χ0v) is 15.3. The molecule has 1 heterocycles. The monoisotopic (exact) mass is 372 g/mol. The van der Waals surface area contributed by atoms with Crippen molar-refractivity contribution in [2.45, 2.75) is 13.3 Å². The van der Waals surface area contributed by atoms with Crippen LogP contribution in [0.1, 0.15) is 21.5 Å². The van der Waals surface area contributed by atoms with Crippen molar-refractivity contribution in [2.24, 2.45) is 0 Å². The molecule has 1 aliphatic rings. The molecule has 0 atom stereocenters. The minimum absolute atomic E-state index is 0.0164. The summed E-state index contributed by atoms with van der Waals surface area (Å²) in [4.78, 5) is 28.4. The minimum atomic E-state index is -0.501. The highest BCUT2D eigenvalue weighted by molar-refractivity contribution is 5.98. The molecule has 1 saturated heterocycles. The van der Waals surface area contributed by atoms with E-state index < -0.39 is 5.82 Å². The molecule has 1 fully saturated rings. The van der Waals surface area contributed by atoms with Crippen molar-refractivity contribution in [3.05, 3.63) is 70.8 Å². The third-order valence-electron chi connectivity index (χ3n) is 4.78. The fourth-order valence-electron chi connectivity index (χ4n) is 3.19. The van der Waals surface area contributed by atoms with Crippen molar-refractivity contribution in [1.82, 2.24) is 9.80 Å². The highest BCUT2D eigenvalue weighted by Crippen LogP contribution is 2.13. The Labute approximate surface area is 157 Å². The van der Waals surface area contributed by atoms with Crippen LogP contribution >= 0.6 is 0 Å². The van der Waals surface area contributed by atoms with Crippen LogP contribution in [0.25, 0.3) is 0 Å². The van der Waals surface area contributed by atoms with E-state index in [-0.39, 0.29) is 36.0 Å². The highest BCUT2D eigenvalue weighted by atomic mass is 19.1. The summed E-state index contributed by atoms with van der Waals surface area (Å²) in [6.45, 7) is 4.12. The summed E-state index contributed by atoms with van der Waals surface area (Å²) in [6.07, 6.45) is 0.230. The van der Waals surface area contributed by atoms with Crippen LogP contribution in [0.15, 0.2) is 42.5 Å². The third-order valence-corrected chi connectivity index (χ3v) is 4.78.